The van der Waals surface area contributed by atoms with Crippen molar-refractivity contribution < 1.29 is 4.79 Å². The van der Waals surface area contributed by atoms with Gasteiger partial charge in [0.2, 0.25) is 5.91 Å². The molecule has 0 spiro atoms. The zero-order valence-electron chi connectivity index (χ0n) is 17.4. The minimum atomic E-state index is -0.144. The molecule has 0 aromatic heterocycles. The molecule has 6 rings (SSSR count). The monoisotopic (exact) mass is 380 g/mol. The highest BCUT2D eigenvalue weighted by Gasteiger charge is 2.64. The molecule has 0 saturated heterocycles. The molecule has 28 heavy (non-hydrogen) atoms. The molecule has 1 aromatic carbocycles. The first-order chi connectivity index (χ1) is 13.4. The van der Waals surface area contributed by atoms with Crippen LogP contribution >= 0.6 is 0 Å². The summed E-state index contributed by atoms with van der Waals surface area (Å²) in [4.78, 5) is 13.7. The highest BCUT2D eigenvalue weighted by atomic mass is 16.2. The van der Waals surface area contributed by atoms with Crippen molar-refractivity contribution in [3.63, 3.8) is 0 Å². The van der Waals surface area contributed by atoms with Crippen LogP contribution < -0.4 is 11.1 Å². The van der Waals surface area contributed by atoms with Crippen molar-refractivity contribution in [1.29, 1.82) is 0 Å². The molecule has 0 radical (unpaired) electrons. The molecule has 5 aliphatic carbocycles. The van der Waals surface area contributed by atoms with Gasteiger partial charge in [-0.2, -0.15) is 0 Å². The van der Waals surface area contributed by atoms with Gasteiger partial charge in [0.25, 0.3) is 0 Å². The van der Waals surface area contributed by atoms with Crippen molar-refractivity contribution in [3.05, 3.63) is 35.9 Å². The van der Waals surface area contributed by atoms with Gasteiger partial charge in [-0.15, -0.1) is 0 Å². The van der Waals surface area contributed by atoms with E-state index in [0.29, 0.717) is 29.2 Å². The third-order valence-corrected chi connectivity index (χ3v) is 8.73. The van der Waals surface area contributed by atoms with E-state index in [2.05, 4.69) is 42.6 Å². The number of nitrogens with two attached hydrogens (primary N) is 1. The van der Waals surface area contributed by atoms with Crippen LogP contribution in [0.5, 0.6) is 0 Å². The van der Waals surface area contributed by atoms with Gasteiger partial charge in [0.1, 0.15) is 0 Å². The predicted octanol–water partition coefficient (Wildman–Crippen LogP) is 4.55. The normalized spacial score (nSPS) is 44.4. The number of hydrogen-bond donors (Lipinski definition) is 2. The second kappa shape index (κ2) is 6.58. The van der Waals surface area contributed by atoms with Gasteiger partial charge in [-0.25, -0.2) is 0 Å². The molecule has 3 heteroatoms. The Bertz CT molecular complexity index is 740. The Labute approximate surface area is 169 Å². The summed E-state index contributed by atoms with van der Waals surface area (Å²) in [6.07, 6.45) is 11.7. The molecule has 4 unspecified atom stereocenters. The minimum Gasteiger partial charge on any atom is -0.353 e. The van der Waals surface area contributed by atoms with E-state index < -0.39 is 0 Å². The second-order valence-corrected chi connectivity index (χ2v) is 11.2. The van der Waals surface area contributed by atoms with E-state index >= 15 is 0 Å². The van der Waals surface area contributed by atoms with Gasteiger partial charge in [-0.05, 0) is 99.0 Å². The van der Waals surface area contributed by atoms with Crippen molar-refractivity contribution in [2.45, 2.75) is 82.6 Å². The van der Waals surface area contributed by atoms with Crippen LogP contribution in [-0.2, 0) is 10.2 Å². The molecule has 5 saturated carbocycles. The van der Waals surface area contributed by atoms with Crippen LogP contribution in [0, 0.1) is 22.7 Å². The van der Waals surface area contributed by atoms with Crippen LogP contribution in [0.1, 0.15) is 76.7 Å². The minimum absolute atomic E-state index is 0.144. The van der Waals surface area contributed by atoms with Crippen LogP contribution in [0.15, 0.2) is 30.3 Å². The molecular weight excluding hydrogens is 344 g/mol. The Hall–Kier alpha value is -1.35. The van der Waals surface area contributed by atoms with Crippen LogP contribution in [0.2, 0.25) is 0 Å². The quantitative estimate of drug-likeness (QED) is 0.805. The summed E-state index contributed by atoms with van der Waals surface area (Å²) in [7, 11) is 0. The maximum atomic E-state index is 13.7. The third-order valence-electron chi connectivity index (χ3n) is 8.73. The SMILES string of the molecule is CC12CC3CC(C(=O)N[C@H]4CC[C@H](CN)CC4)(C1)CC(c1ccccc1)(C3)C2. The Kier molecular flexibility index (Phi) is 4.39. The lowest BCUT2D eigenvalue weighted by Gasteiger charge is -2.65. The van der Waals surface area contributed by atoms with Crippen LogP contribution in [0.4, 0.5) is 0 Å². The predicted molar refractivity (Wildman–Crippen MR) is 113 cm³/mol. The molecule has 4 bridgehead atoms. The number of amides is 1. The van der Waals surface area contributed by atoms with E-state index in [0.717, 1.165) is 38.6 Å². The van der Waals surface area contributed by atoms with E-state index in [1.807, 2.05) is 0 Å². The first-order valence-corrected chi connectivity index (χ1v) is 11.5. The van der Waals surface area contributed by atoms with Crippen molar-refractivity contribution in [2.75, 3.05) is 6.54 Å². The summed E-state index contributed by atoms with van der Waals surface area (Å²) in [6.45, 7) is 3.26. The first-order valence-electron chi connectivity index (χ1n) is 11.5. The van der Waals surface area contributed by atoms with Gasteiger partial charge >= 0.3 is 0 Å². The molecular formula is C25H36N2O. The molecule has 4 atom stereocenters. The van der Waals surface area contributed by atoms with Crippen LogP contribution in [-0.4, -0.2) is 18.5 Å². The highest BCUT2D eigenvalue weighted by Crippen LogP contribution is 2.70. The smallest absolute Gasteiger partial charge is 0.226 e. The van der Waals surface area contributed by atoms with E-state index in [1.165, 1.54) is 37.7 Å². The van der Waals surface area contributed by atoms with Crippen LogP contribution in [0.25, 0.3) is 0 Å². The van der Waals surface area contributed by atoms with Gasteiger partial charge in [0.15, 0.2) is 0 Å². The van der Waals surface area contributed by atoms with Crippen molar-refractivity contribution in [1.82, 2.24) is 5.32 Å². The molecule has 5 fully saturated rings. The van der Waals surface area contributed by atoms with Gasteiger partial charge in [0.05, 0.1) is 5.41 Å². The summed E-state index contributed by atoms with van der Waals surface area (Å²) in [5.74, 6) is 1.74. The van der Waals surface area contributed by atoms with Crippen LogP contribution in [0.3, 0.4) is 0 Å². The lowest BCUT2D eigenvalue weighted by molar-refractivity contribution is -0.161. The molecule has 3 N–H and O–H groups in total. The fourth-order valence-corrected chi connectivity index (χ4v) is 8.17. The number of nitrogens with one attached hydrogen (secondary N) is 1. The number of hydrogen-bond acceptors (Lipinski definition) is 2. The summed E-state index contributed by atoms with van der Waals surface area (Å²) in [6, 6.07) is 11.5. The van der Waals surface area contributed by atoms with E-state index in [-0.39, 0.29) is 10.8 Å². The third kappa shape index (κ3) is 3.01. The van der Waals surface area contributed by atoms with Crippen molar-refractivity contribution in [3.8, 4) is 0 Å². The molecule has 0 aliphatic heterocycles. The second-order valence-electron chi connectivity index (χ2n) is 11.2. The Morgan fingerprint density at radius 1 is 1.04 bits per heavy atom. The highest BCUT2D eigenvalue weighted by molar-refractivity contribution is 5.84. The Morgan fingerprint density at radius 3 is 2.46 bits per heavy atom. The molecule has 1 amide bonds. The zero-order chi connectivity index (χ0) is 19.4. The fourth-order valence-electron chi connectivity index (χ4n) is 8.17. The van der Waals surface area contributed by atoms with Gasteiger partial charge < -0.3 is 11.1 Å². The maximum Gasteiger partial charge on any atom is 0.226 e. The summed E-state index contributed by atoms with van der Waals surface area (Å²) in [5.41, 5.74) is 7.72. The average molecular weight is 381 g/mol. The molecule has 1 aromatic rings. The van der Waals surface area contributed by atoms with Crippen molar-refractivity contribution in [2.24, 2.45) is 28.4 Å². The molecule has 5 aliphatic rings. The average Bonchev–Trinajstić information content (AvgIpc) is 2.67. The standard InChI is InChI=1S/C25H36N2O/c1-23-11-19-12-24(15-23,20-5-3-2-4-6-20)17-25(13-19,16-23)22(28)27-21-9-7-18(14-26)8-10-21/h2-6,18-19,21H,7-17,26H2,1H3,(H,27,28)/t18-,19?,21-,23?,24?,25?. The fraction of sp³-hybridized carbons (Fsp3) is 0.720. The Balaban J connectivity index is 1.39. The lowest BCUT2D eigenvalue weighted by atomic mass is 9.38. The largest absolute Gasteiger partial charge is 0.353 e. The molecule has 0 heterocycles. The Morgan fingerprint density at radius 2 is 1.79 bits per heavy atom. The van der Waals surface area contributed by atoms with E-state index in [4.69, 9.17) is 5.73 Å². The lowest BCUT2D eigenvalue weighted by Crippen LogP contribution is -2.62. The van der Waals surface area contributed by atoms with Gasteiger partial charge in [0, 0.05) is 6.04 Å². The number of rotatable bonds is 4. The first kappa shape index (κ1) is 18.7. The van der Waals surface area contributed by atoms with Gasteiger partial charge in [-0.1, -0.05) is 37.3 Å². The topological polar surface area (TPSA) is 55.1 Å². The number of carbonyl (C=O) groups excluding carboxylic acids is 1. The summed E-state index contributed by atoms with van der Waals surface area (Å²) >= 11 is 0. The van der Waals surface area contributed by atoms with E-state index in [9.17, 15) is 4.79 Å². The van der Waals surface area contributed by atoms with Crippen molar-refractivity contribution >= 4 is 5.91 Å². The maximum absolute atomic E-state index is 13.7. The van der Waals surface area contributed by atoms with E-state index in [1.54, 1.807) is 0 Å². The molecule has 3 nitrogen and oxygen atoms in total. The number of benzene rings is 1. The number of carbonyl (C=O) groups is 1. The molecule has 152 valence electrons. The van der Waals surface area contributed by atoms with Gasteiger partial charge in [-0.3, -0.25) is 4.79 Å². The zero-order valence-corrected chi connectivity index (χ0v) is 17.4. The summed E-state index contributed by atoms with van der Waals surface area (Å²) < 4.78 is 0. The summed E-state index contributed by atoms with van der Waals surface area (Å²) in [5, 5.41) is 3.53.